The van der Waals surface area contributed by atoms with E-state index < -0.39 is 17.5 Å². The van der Waals surface area contributed by atoms with Crippen LogP contribution in [0.2, 0.25) is 0 Å². The number of nitrogens with one attached hydrogen (secondary N) is 1. The van der Waals surface area contributed by atoms with E-state index in [0.717, 1.165) is 16.6 Å². The van der Waals surface area contributed by atoms with E-state index in [4.69, 9.17) is 14.7 Å². The molecule has 1 aromatic heterocycles. The van der Waals surface area contributed by atoms with Gasteiger partial charge in [-0.05, 0) is 62.1 Å². The maximum atomic E-state index is 12.3. The number of rotatable bonds is 6. The van der Waals surface area contributed by atoms with Crippen molar-refractivity contribution in [3.8, 4) is 11.8 Å². The predicted octanol–water partition coefficient (Wildman–Crippen LogP) is 4.84. The summed E-state index contributed by atoms with van der Waals surface area (Å²) in [5.74, 6) is -1.02. The molecule has 2 atom stereocenters. The van der Waals surface area contributed by atoms with Gasteiger partial charge in [0, 0.05) is 30.6 Å². The maximum Gasteiger partial charge on any atom is 0.410 e. The topological polar surface area (TPSA) is 116 Å². The first kappa shape index (κ1) is 24.1. The molecule has 0 aliphatic carbocycles. The van der Waals surface area contributed by atoms with Crippen molar-refractivity contribution in [3.63, 3.8) is 0 Å². The Morgan fingerprint density at radius 1 is 1.20 bits per heavy atom. The van der Waals surface area contributed by atoms with Crippen molar-refractivity contribution in [1.29, 1.82) is 5.26 Å². The Balaban J connectivity index is 1.40. The molecule has 0 bridgehead atoms. The zero-order valence-corrected chi connectivity index (χ0v) is 20.1. The molecule has 0 radical (unpaired) electrons. The minimum absolute atomic E-state index is 0.145. The second-order valence-electron chi connectivity index (χ2n) is 9.83. The van der Waals surface area contributed by atoms with Gasteiger partial charge in [-0.1, -0.05) is 18.2 Å². The minimum Gasteiger partial charge on any atom is -0.489 e. The fourth-order valence-corrected chi connectivity index (χ4v) is 4.22. The molecule has 0 saturated carbocycles. The molecule has 8 heteroatoms. The zero-order valence-electron chi connectivity index (χ0n) is 20.1. The summed E-state index contributed by atoms with van der Waals surface area (Å²) in [5, 5.41) is 19.9. The van der Waals surface area contributed by atoms with Crippen molar-refractivity contribution >= 4 is 23.0 Å². The summed E-state index contributed by atoms with van der Waals surface area (Å²) in [6, 6.07) is 16.5. The Bertz CT molecular complexity index is 1270. The van der Waals surface area contributed by atoms with Crippen LogP contribution in [0.3, 0.4) is 0 Å². The van der Waals surface area contributed by atoms with E-state index in [9.17, 15) is 14.7 Å². The van der Waals surface area contributed by atoms with Crippen molar-refractivity contribution in [1.82, 2.24) is 9.88 Å². The van der Waals surface area contributed by atoms with Gasteiger partial charge < -0.3 is 24.5 Å². The molecule has 2 N–H and O–H groups in total. The number of nitrogens with zero attached hydrogens (tertiary/aromatic N) is 2. The van der Waals surface area contributed by atoms with Crippen molar-refractivity contribution in [2.45, 2.75) is 51.2 Å². The standard InChI is InChI=1S/C27H29N3O5/c1-27(2,3)35-26(33)30-11-10-22(16-30)34-21-8-6-18(7-9-21)23(25(31)32)14-20-13-19-5-4-17(15-28)12-24(19)29-20/h4-9,12-13,22-23,29H,10-11,14,16H2,1-3H3,(H,31,32)/t22-,23?/m0/s1. The number of aromatic nitrogens is 1. The minimum atomic E-state index is -0.918. The highest BCUT2D eigenvalue weighted by Crippen LogP contribution is 2.27. The third kappa shape index (κ3) is 5.93. The second kappa shape index (κ2) is 9.71. The molecule has 8 nitrogen and oxygen atoms in total. The van der Waals surface area contributed by atoms with Crippen molar-refractivity contribution in [3.05, 3.63) is 65.4 Å². The van der Waals surface area contributed by atoms with Crippen LogP contribution in [0.25, 0.3) is 10.9 Å². The van der Waals surface area contributed by atoms with Crippen LogP contribution in [-0.4, -0.2) is 51.8 Å². The van der Waals surface area contributed by atoms with Gasteiger partial charge in [0.25, 0.3) is 0 Å². The molecular formula is C27H29N3O5. The average molecular weight is 476 g/mol. The molecule has 1 aliphatic rings. The number of carboxylic acid groups (broad SMARTS) is 1. The number of nitriles is 1. The highest BCUT2D eigenvalue weighted by molar-refractivity contribution is 5.82. The van der Waals surface area contributed by atoms with E-state index in [2.05, 4.69) is 11.1 Å². The molecule has 4 rings (SSSR count). The monoisotopic (exact) mass is 475 g/mol. The quantitative estimate of drug-likeness (QED) is 0.527. The van der Waals surface area contributed by atoms with Crippen LogP contribution in [-0.2, 0) is 16.0 Å². The number of hydrogen-bond donors (Lipinski definition) is 2. The summed E-state index contributed by atoms with van der Waals surface area (Å²) in [6.07, 6.45) is 0.504. The van der Waals surface area contributed by atoms with E-state index in [1.54, 1.807) is 41.3 Å². The third-order valence-corrected chi connectivity index (χ3v) is 5.91. The number of carbonyl (C=O) groups excluding carboxylic acids is 1. The van der Waals surface area contributed by atoms with Gasteiger partial charge >= 0.3 is 12.1 Å². The van der Waals surface area contributed by atoms with Crippen LogP contribution >= 0.6 is 0 Å². The first-order valence-electron chi connectivity index (χ1n) is 11.6. The predicted molar refractivity (Wildman–Crippen MR) is 130 cm³/mol. The van der Waals surface area contributed by atoms with E-state index in [1.807, 2.05) is 32.9 Å². The Labute approximate surface area is 204 Å². The van der Waals surface area contributed by atoms with E-state index in [0.29, 0.717) is 42.8 Å². The van der Waals surface area contributed by atoms with Gasteiger partial charge in [-0.3, -0.25) is 4.79 Å². The SMILES string of the molecule is CC(C)(C)OC(=O)N1CC[C@H](Oc2ccc(C(Cc3cc4ccc(C#N)cc4[nH]3)C(=O)O)cc2)C1. The number of carbonyl (C=O) groups is 2. The highest BCUT2D eigenvalue weighted by Gasteiger charge is 2.31. The van der Waals surface area contributed by atoms with Crippen LogP contribution in [0.5, 0.6) is 5.75 Å². The number of aliphatic carboxylic acids is 1. The normalized spacial score (nSPS) is 16.6. The van der Waals surface area contributed by atoms with Crippen molar-refractivity contribution < 1.29 is 24.2 Å². The summed E-state index contributed by atoms with van der Waals surface area (Å²) in [6.45, 7) is 6.53. The summed E-state index contributed by atoms with van der Waals surface area (Å²) >= 11 is 0. The summed E-state index contributed by atoms with van der Waals surface area (Å²) in [7, 11) is 0. The molecule has 1 fully saturated rings. The molecule has 1 unspecified atom stereocenters. The molecule has 3 aromatic rings. The number of benzene rings is 2. The number of likely N-dealkylation sites (tertiary alicyclic amines) is 1. The molecule has 1 amide bonds. The summed E-state index contributed by atoms with van der Waals surface area (Å²) in [5.41, 5.74) is 2.27. The van der Waals surface area contributed by atoms with Gasteiger partial charge in [0.1, 0.15) is 17.5 Å². The summed E-state index contributed by atoms with van der Waals surface area (Å²) in [4.78, 5) is 29.2. The molecular weight excluding hydrogens is 446 g/mol. The van der Waals surface area contributed by atoms with Gasteiger partial charge in [-0.2, -0.15) is 5.26 Å². The molecule has 1 saturated heterocycles. The lowest BCUT2D eigenvalue weighted by Crippen LogP contribution is -2.36. The lowest BCUT2D eigenvalue weighted by molar-refractivity contribution is -0.138. The number of H-pyrrole nitrogens is 1. The Morgan fingerprint density at radius 3 is 2.60 bits per heavy atom. The summed E-state index contributed by atoms with van der Waals surface area (Å²) < 4.78 is 11.5. The largest absolute Gasteiger partial charge is 0.489 e. The van der Waals surface area contributed by atoms with Gasteiger partial charge in [0.15, 0.2) is 0 Å². The van der Waals surface area contributed by atoms with Crippen LogP contribution in [0.15, 0.2) is 48.5 Å². The van der Waals surface area contributed by atoms with Crippen molar-refractivity contribution in [2.75, 3.05) is 13.1 Å². The number of hydrogen-bond acceptors (Lipinski definition) is 5. The molecule has 2 heterocycles. The maximum absolute atomic E-state index is 12.3. The number of ether oxygens (including phenoxy) is 2. The van der Waals surface area contributed by atoms with Gasteiger partial charge in [0.05, 0.1) is 24.1 Å². The molecule has 1 aliphatic heterocycles. The number of aromatic amines is 1. The second-order valence-corrected chi connectivity index (χ2v) is 9.83. The smallest absolute Gasteiger partial charge is 0.410 e. The van der Waals surface area contributed by atoms with Crippen LogP contribution in [0.4, 0.5) is 4.79 Å². The number of fused-ring (bicyclic) bond motifs is 1. The van der Waals surface area contributed by atoms with E-state index in [1.165, 1.54) is 0 Å². The van der Waals surface area contributed by atoms with Gasteiger partial charge in [-0.25, -0.2) is 4.79 Å². The van der Waals surface area contributed by atoms with Gasteiger partial charge in [-0.15, -0.1) is 0 Å². The van der Waals surface area contributed by atoms with E-state index >= 15 is 0 Å². The van der Waals surface area contributed by atoms with E-state index in [-0.39, 0.29) is 12.2 Å². The first-order valence-corrected chi connectivity index (χ1v) is 11.6. The Hall–Kier alpha value is -3.99. The first-order chi connectivity index (χ1) is 16.6. The van der Waals surface area contributed by atoms with Crippen molar-refractivity contribution in [2.24, 2.45) is 0 Å². The number of carboxylic acids is 1. The number of amides is 1. The Morgan fingerprint density at radius 2 is 1.94 bits per heavy atom. The van der Waals surface area contributed by atoms with Crippen LogP contribution < -0.4 is 4.74 Å². The third-order valence-electron chi connectivity index (χ3n) is 5.91. The lowest BCUT2D eigenvalue weighted by Gasteiger charge is -2.24. The fourth-order valence-electron chi connectivity index (χ4n) is 4.22. The molecule has 2 aromatic carbocycles. The fraction of sp³-hybridized carbons (Fsp3) is 0.370. The van der Waals surface area contributed by atoms with Crippen LogP contribution in [0, 0.1) is 11.3 Å². The zero-order chi connectivity index (χ0) is 25.2. The molecule has 35 heavy (non-hydrogen) atoms. The average Bonchev–Trinajstić information content (AvgIpc) is 3.43. The molecule has 0 spiro atoms. The van der Waals surface area contributed by atoms with Gasteiger partial charge in [0.2, 0.25) is 0 Å². The Kier molecular flexibility index (Phi) is 6.70. The highest BCUT2D eigenvalue weighted by atomic mass is 16.6. The molecule has 182 valence electrons. The van der Waals surface area contributed by atoms with Crippen LogP contribution in [0.1, 0.15) is 49.9 Å². The lowest BCUT2D eigenvalue weighted by atomic mass is 9.94.